The highest BCUT2D eigenvalue weighted by Gasteiger charge is 2.32. The summed E-state index contributed by atoms with van der Waals surface area (Å²) in [4.78, 5) is 26.9. The van der Waals surface area contributed by atoms with E-state index < -0.39 is 17.5 Å². The largest absolute Gasteiger partial charge is 0.481 e. The molecule has 2 aromatic rings. The molecule has 29 heavy (non-hydrogen) atoms. The van der Waals surface area contributed by atoms with Crippen LogP contribution in [0.1, 0.15) is 49.0 Å². The van der Waals surface area contributed by atoms with Gasteiger partial charge in [0, 0.05) is 6.54 Å². The third kappa shape index (κ3) is 6.32. The monoisotopic (exact) mass is 404 g/mol. The molecule has 0 aliphatic heterocycles. The van der Waals surface area contributed by atoms with Gasteiger partial charge in [0.1, 0.15) is 12.0 Å². The molecule has 1 heterocycles. The first kappa shape index (κ1) is 22.4. The van der Waals surface area contributed by atoms with Gasteiger partial charge in [-0.1, -0.05) is 12.1 Å². The third-order valence-corrected chi connectivity index (χ3v) is 4.18. The van der Waals surface area contributed by atoms with Crippen LogP contribution in [-0.4, -0.2) is 34.2 Å². The number of nitrogens with one attached hydrogen (secondary N) is 1. The Hall–Kier alpha value is -2.87. The molecule has 8 heteroatoms. The van der Waals surface area contributed by atoms with Crippen molar-refractivity contribution in [2.45, 2.75) is 59.7 Å². The summed E-state index contributed by atoms with van der Waals surface area (Å²) in [5.74, 6) is -0.251. The standard InChI is InChI=1S/C21H28N2O6/c1-6-27-20(26)21(4,5)29-19-13(2)7-15(8-14(19)3)10-22-11-17-23-16(12-28-17)9-18(24)25/h7-8,12,22H,6,9-11H2,1-5H3,(H,24,25). The first-order chi connectivity index (χ1) is 13.6. The van der Waals surface area contributed by atoms with Crippen molar-refractivity contribution in [3.63, 3.8) is 0 Å². The van der Waals surface area contributed by atoms with E-state index in [9.17, 15) is 9.59 Å². The number of esters is 1. The summed E-state index contributed by atoms with van der Waals surface area (Å²) in [5.41, 5.74) is 2.19. The number of aryl methyl sites for hydroxylation is 2. The molecule has 1 aromatic heterocycles. The zero-order valence-electron chi connectivity index (χ0n) is 17.5. The van der Waals surface area contributed by atoms with Gasteiger partial charge in [-0.2, -0.15) is 0 Å². The first-order valence-corrected chi connectivity index (χ1v) is 9.44. The Morgan fingerprint density at radius 2 is 1.86 bits per heavy atom. The molecule has 158 valence electrons. The summed E-state index contributed by atoms with van der Waals surface area (Å²) < 4.78 is 16.3. The number of carbonyl (C=O) groups excluding carboxylic acids is 1. The lowest BCUT2D eigenvalue weighted by Crippen LogP contribution is -2.40. The molecule has 0 unspecified atom stereocenters. The molecular weight excluding hydrogens is 376 g/mol. The van der Waals surface area contributed by atoms with E-state index in [0.717, 1.165) is 16.7 Å². The fourth-order valence-corrected chi connectivity index (χ4v) is 2.88. The van der Waals surface area contributed by atoms with Crippen LogP contribution in [0.5, 0.6) is 5.75 Å². The smallest absolute Gasteiger partial charge is 0.349 e. The molecule has 0 bridgehead atoms. The summed E-state index contributed by atoms with van der Waals surface area (Å²) in [6.07, 6.45) is 1.20. The minimum Gasteiger partial charge on any atom is -0.481 e. The lowest BCUT2D eigenvalue weighted by molar-refractivity contribution is -0.158. The van der Waals surface area contributed by atoms with Gasteiger partial charge in [0.15, 0.2) is 5.60 Å². The second-order valence-corrected chi connectivity index (χ2v) is 7.30. The van der Waals surface area contributed by atoms with Crippen LogP contribution in [0.2, 0.25) is 0 Å². The summed E-state index contributed by atoms with van der Waals surface area (Å²) in [6.45, 7) is 10.3. The molecule has 0 saturated carbocycles. The van der Waals surface area contributed by atoms with E-state index in [1.165, 1.54) is 6.26 Å². The molecule has 8 nitrogen and oxygen atoms in total. The van der Waals surface area contributed by atoms with Gasteiger partial charge >= 0.3 is 11.9 Å². The Kier molecular flexibility index (Phi) is 7.39. The Morgan fingerprint density at radius 1 is 1.21 bits per heavy atom. The molecule has 0 aliphatic rings. The molecule has 2 rings (SSSR count). The van der Waals surface area contributed by atoms with Crippen molar-refractivity contribution in [2.24, 2.45) is 0 Å². The Morgan fingerprint density at radius 3 is 2.45 bits per heavy atom. The number of rotatable bonds is 10. The van der Waals surface area contributed by atoms with Gasteiger partial charge in [-0.05, 0) is 51.3 Å². The van der Waals surface area contributed by atoms with E-state index in [2.05, 4.69) is 10.3 Å². The number of carbonyl (C=O) groups is 2. The Bertz CT molecular complexity index is 849. The van der Waals surface area contributed by atoms with Crippen LogP contribution in [0, 0.1) is 13.8 Å². The van der Waals surface area contributed by atoms with Gasteiger partial charge in [0.05, 0.1) is 25.3 Å². The minimum atomic E-state index is -1.08. The number of nitrogens with zero attached hydrogens (tertiary/aromatic N) is 1. The molecule has 0 radical (unpaired) electrons. The molecule has 1 aromatic carbocycles. The van der Waals surface area contributed by atoms with Crippen molar-refractivity contribution in [2.75, 3.05) is 6.61 Å². The Labute approximate surface area is 170 Å². The zero-order valence-corrected chi connectivity index (χ0v) is 17.5. The molecule has 0 spiro atoms. The highest BCUT2D eigenvalue weighted by molar-refractivity contribution is 5.79. The molecular formula is C21H28N2O6. The highest BCUT2D eigenvalue weighted by atomic mass is 16.6. The number of oxazole rings is 1. The minimum absolute atomic E-state index is 0.161. The van der Waals surface area contributed by atoms with Crippen LogP contribution >= 0.6 is 0 Å². The summed E-state index contributed by atoms with van der Waals surface area (Å²) in [5, 5.41) is 12.0. The number of ether oxygens (including phenoxy) is 2. The van der Waals surface area contributed by atoms with Crippen molar-refractivity contribution >= 4 is 11.9 Å². The van der Waals surface area contributed by atoms with Gasteiger partial charge in [-0.15, -0.1) is 0 Å². The second kappa shape index (κ2) is 9.56. The van der Waals surface area contributed by atoms with E-state index >= 15 is 0 Å². The number of benzene rings is 1. The van der Waals surface area contributed by atoms with Gasteiger partial charge in [0.2, 0.25) is 5.89 Å². The van der Waals surface area contributed by atoms with Crippen molar-refractivity contribution in [1.29, 1.82) is 0 Å². The van der Waals surface area contributed by atoms with Crippen LogP contribution in [0.3, 0.4) is 0 Å². The van der Waals surface area contributed by atoms with Crippen molar-refractivity contribution in [1.82, 2.24) is 10.3 Å². The first-order valence-electron chi connectivity index (χ1n) is 9.44. The van der Waals surface area contributed by atoms with Gasteiger partial charge < -0.3 is 24.3 Å². The lowest BCUT2D eigenvalue weighted by Gasteiger charge is -2.26. The van der Waals surface area contributed by atoms with Crippen molar-refractivity contribution in [3.8, 4) is 5.75 Å². The fourth-order valence-electron chi connectivity index (χ4n) is 2.88. The SMILES string of the molecule is CCOC(=O)C(C)(C)Oc1c(C)cc(CNCc2nc(CC(=O)O)co2)cc1C. The number of hydrogen-bond donors (Lipinski definition) is 2. The predicted molar refractivity (Wildman–Crippen MR) is 106 cm³/mol. The second-order valence-electron chi connectivity index (χ2n) is 7.30. The predicted octanol–water partition coefficient (Wildman–Crippen LogP) is 2.93. The average molecular weight is 404 g/mol. The van der Waals surface area contributed by atoms with Gasteiger partial charge in [-0.3, -0.25) is 4.79 Å². The molecule has 0 saturated heterocycles. The maximum atomic E-state index is 12.1. The summed E-state index contributed by atoms with van der Waals surface area (Å²) >= 11 is 0. The quantitative estimate of drug-likeness (QED) is 0.582. The fraction of sp³-hybridized carbons (Fsp3) is 0.476. The van der Waals surface area contributed by atoms with E-state index in [-0.39, 0.29) is 6.42 Å². The normalized spacial score (nSPS) is 11.3. The summed E-state index contributed by atoms with van der Waals surface area (Å²) in [6, 6.07) is 3.98. The van der Waals surface area contributed by atoms with Gasteiger partial charge in [-0.25, -0.2) is 9.78 Å². The van der Waals surface area contributed by atoms with Crippen LogP contribution in [0.4, 0.5) is 0 Å². The number of hydrogen-bond acceptors (Lipinski definition) is 7. The van der Waals surface area contributed by atoms with Crippen molar-refractivity contribution in [3.05, 3.63) is 46.7 Å². The van der Waals surface area contributed by atoms with E-state index in [1.54, 1.807) is 20.8 Å². The Balaban J connectivity index is 1.99. The topological polar surface area (TPSA) is 111 Å². The van der Waals surface area contributed by atoms with Crippen LogP contribution < -0.4 is 10.1 Å². The number of aliphatic carboxylic acids is 1. The highest BCUT2D eigenvalue weighted by Crippen LogP contribution is 2.29. The van der Waals surface area contributed by atoms with E-state index in [1.807, 2.05) is 26.0 Å². The van der Waals surface area contributed by atoms with Crippen molar-refractivity contribution < 1.29 is 28.6 Å². The maximum Gasteiger partial charge on any atom is 0.349 e. The molecule has 0 amide bonds. The van der Waals surface area contributed by atoms with Crippen LogP contribution in [0.25, 0.3) is 0 Å². The molecule has 2 N–H and O–H groups in total. The zero-order chi connectivity index (χ0) is 21.6. The van der Waals surface area contributed by atoms with E-state index in [0.29, 0.717) is 37.0 Å². The maximum absolute atomic E-state index is 12.1. The number of carboxylic acids is 1. The molecule has 0 aliphatic carbocycles. The molecule has 0 atom stereocenters. The average Bonchev–Trinajstić information content (AvgIpc) is 3.05. The van der Waals surface area contributed by atoms with Crippen LogP contribution in [-0.2, 0) is 33.8 Å². The van der Waals surface area contributed by atoms with Crippen LogP contribution in [0.15, 0.2) is 22.8 Å². The summed E-state index contributed by atoms with van der Waals surface area (Å²) in [7, 11) is 0. The third-order valence-electron chi connectivity index (χ3n) is 4.18. The molecule has 0 fully saturated rings. The number of aromatic nitrogens is 1. The van der Waals surface area contributed by atoms with E-state index in [4.69, 9.17) is 19.0 Å². The number of carboxylic acid groups (broad SMARTS) is 1. The van der Waals surface area contributed by atoms with Gasteiger partial charge in [0.25, 0.3) is 0 Å². The lowest BCUT2D eigenvalue weighted by atomic mass is 10.0.